The van der Waals surface area contributed by atoms with Crippen molar-refractivity contribution in [2.45, 2.75) is 6.92 Å². The molecule has 1 amide bonds. The van der Waals surface area contributed by atoms with Crippen molar-refractivity contribution in [2.75, 3.05) is 24.3 Å². The molecule has 5 heteroatoms. The maximum Gasteiger partial charge on any atom is 0.274 e. The normalized spacial score (nSPS) is 10.2. The number of carbonyl (C=O) groups excluding carboxylic acids is 1. The zero-order valence-electron chi connectivity index (χ0n) is 11.6. The quantitative estimate of drug-likeness (QED) is 0.942. The molecule has 0 spiro atoms. The number of aromatic nitrogens is 1. The monoisotopic (exact) mass is 289 g/mol. The first-order valence-corrected chi connectivity index (χ1v) is 6.56. The van der Waals surface area contributed by atoms with Gasteiger partial charge in [0.05, 0.1) is 0 Å². The summed E-state index contributed by atoms with van der Waals surface area (Å²) >= 11 is 5.85. The van der Waals surface area contributed by atoms with E-state index in [2.05, 4.69) is 10.3 Å². The molecular formula is C15H16ClN3O. The van der Waals surface area contributed by atoms with Gasteiger partial charge in [-0.3, -0.25) is 9.78 Å². The third kappa shape index (κ3) is 3.27. The summed E-state index contributed by atoms with van der Waals surface area (Å²) in [6.07, 6.45) is 1.51. The van der Waals surface area contributed by atoms with Crippen LogP contribution in [-0.2, 0) is 0 Å². The molecule has 104 valence electrons. The summed E-state index contributed by atoms with van der Waals surface area (Å²) in [7, 11) is 3.93. The van der Waals surface area contributed by atoms with Crippen molar-refractivity contribution < 1.29 is 4.79 Å². The Morgan fingerprint density at radius 3 is 2.65 bits per heavy atom. The number of halogens is 1. The van der Waals surface area contributed by atoms with Crippen molar-refractivity contribution in [2.24, 2.45) is 0 Å². The molecule has 0 aliphatic carbocycles. The summed E-state index contributed by atoms with van der Waals surface area (Å²) in [4.78, 5) is 18.1. The van der Waals surface area contributed by atoms with Gasteiger partial charge >= 0.3 is 0 Å². The number of carbonyl (C=O) groups is 1. The van der Waals surface area contributed by atoms with Crippen LogP contribution < -0.4 is 10.2 Å². The molecule has 0 aliphatic rings. The van der Waals surface area contributed by atoms with Crippen molar-refractivity contribution in [1.82, 2.24) is 4.98 Å². The van der Waals surface area contributed by atoms with Crippen LogP contribution in [0.3, 0.4) is 0 Å². The van der Waals surface area contributed by atoms with Crippen LogP contribution in [0.1, 0.15) is 16.1 Å². The molecule has 0 atom stereocenters. The second-order valence-electron chi connectivity index (χ2n) is 4.71. The van der Waals surface area contributed by atoms with Gasteiger partial charge in [0.1, 0.15) is 5.69 Å². The third-order valence-corrected chi connectivity index (χ3v) is 3.14. The maximum atomic E-state index is 12.1. The molecule has 0 radical (unpaired) electrons. The van der Waals surface area contributed by atoms with Gasteiger partial charge in [-0.15, -0.1) is 0 Å². The van der Waals surface area contributed by atoms with E-state index >= 15 is 0 Å². The molecule has 2 rings (SSSR count). The molecule has 1 aromatic carbocycles. The number of anilines is 2. The molecule has 0 aliphatic heterocycles. The van der Waals surface area contributed by atoms with Gasteiger partial charge in [0.2, 0.25) is 0 Å². The summed E-state index contributed by atoms with van der Waals surface area (Å²) in [5, 5.41) is 3.31. The van der Waals surface area contributed by atoms with Gasteiger partial charge in [0.25, 0.3) is 5.91 Å². The molecule has 1 N–H and O–H groups in total. The molecule has 1 heterocycles. The lowest BCUT2D eigenvalue weighted by Crippen LogP contribution is -2.15. The minimum absolute atomic E-state index is 0.277. The van der Waals surface area contributed by atoms with Gasteiger partial charge < -0.3 is 10.2 Å². The van der Waals surface area contributed by atoms with E-state index in [1.54, 1.807) is 6.07 Å². The van der Waals surface area contributed by atoms with E-state index in [4.69, 9.17) is 11.6 Å². The Labute approximate surface area is 123 Å². The number of rotatable bonds is 3. The number of nitrogens with one attached hydrogen (secondary N) is 1. The first kappa shape index (κ1) is 14.3. The molecule has 0 bridgehead atoms. The number of benzene rings is 1. The average molecular weight is 290 g/mol. The highest BCUT2D eigenvalue weighted by Gasteiger charge is 2.09. The summed E-state index contributed by atoms with van der Waals surface area (Å²) in [5.74, 6) is -0.277. The Kier molecular flexibility index (Phi) is 4.25. The van der Waals surface area contributed by atoms with Crippen LogP contribution in [0.25, 0.3) is 0 Å². The lowest BCUT2D eigenvalue weighted by atomic mass is 10.1. The summed E-state index contributed by atoms with van der Waals surface area (Å²) in [5.41, 5.74) is 3.23. The van der Waals surface area contributed by atoms with Crippen LogP contribution in [0.15, 0.2) is 36.5 Å². The van der Waals surface area contributed by atoms with Crippen molar-refractivity contribution >= 4 is 28.9 Å². The summed E-state index contributed by atoms with van der Waals surface area (Å²) < 4.78 is 0. The lowest BCUT2D eigenvalue weighted by molar-refractivity contribution is 0.102. The van der Waals surface area contributed by atoms with E-state index in [1.165, 1.54) is 12.3 Å². The number of hydrogen-bond donors (Lipinski definition) is 1. The van der Waals surface area contributed by atoms with E-state index in [0.717, 1.165) is 16.9 Å². The first-order chi connectivity index (χ1) is 9.47. The van der Waals surface area contributed by atoms with Crippen LogP contribution in [0, 0.1) is 6.92 Å². The van der Waals surface area contributed by atoms with E-state index < -0.39 is 0 Å². The number of amides is 1. The number of nitrogens with zero attached hydrogens (tertiary/aromatic N) is 2. The van der Waals surface area contributed by atoms with Gasteiger partial charge in [0.15, 0.2) is 0 Å². The van der Waals surface area contributed by atoms with E-state index in [1.807, 2.05) is 44.1 Å². The highest BCUT2D eigenvalue weighted by atomic mass is 35.5. The van der Waals surface area contributed by atoms with Gasteiger partial charge in [-0.1, -0.05) is 17.7 Å². The van der Waals surface area contributed by atoms with Crippen LogP contribution in [0.4, 0.5) is 11.4 Å². The van der Waals surface area contributed by atoms with E-state index in [0.29, 0.717) is 10.7 Å². The zero-order chi connectivity index (χ0) is 14.7. The second-order valence-corrected chi connectivity index (χ2v) is 5.15. The fourth-order valence-electron chi connectivity index (χ4n) is 1.89. The van der Waals surface area contributed by atoms with Crippen molar-refractivity contribution in [3.8, 4) is 0 Å². The topological polar surface area (TPSA) is 45.2 Å². The second kappa shape index (κ2) is 5.92. The number of pyridine rings is 1. The highest BCUT2D eigenvalue weighted by Crippen LogP contribution is 2.23. The van der Waals surface area contributed by atoms with E-state index in [-0.39, 0.29) is 5.91 Å². The molecule has 0 saturated heterocycles. The highest BCUT2D eigenvalue weighted by molar-refractivity contribution is 6.30. The Balaban J connectivity index is 2.22. The Hall–Kier alpha value is -2.07. The molecule has 1 aromatic heterocycles. The van der Waals surface area contributed by atoms with Gasteiger partial charge in [-0.25, -0.2) is 0 Å². The van der Waals surface area contributed by atoms with Gasteiger partial charge in [0, 0.05) is 36.7 Å². The molecule has 0 saturated carbocycles. The minimum atomic E-state index is -0.277. The average Bonchev–Trinajstić information content (AvgIpc) is 2.40. The minimum Gasteiger partial charge on any atom is -0.377 e. The first-order valence-electron chi connectivity index (χ1n) is 6.18. The summed E-state index contributed by atoms with van der Waals surface area (Å²) in [6.45, 7) is 2.03. The fraction of sp³-hybridized carbons (Fsp3) is 0.200. The Bertz CT molecular complexity index is 641. The lowest BCUT2D eigenvalue weighted by Gasteiger charge is -2.17. The van der Waals surface area contributed by atoms with Crippen LogP contribution in [0.2, 0.25) is 5.02 Å². The summed E-state index contributed by atoms with van der Waals surface area (Å²) in [6, 6.07) is 8.94. The molecule has 2 aromatic rings. The smallest absolute Gasteiger partial charge is 0.274 e. The van der Waals surface area contributed by atoms with Crippen LogP contribution in [-0.4, -0.2) is 25.0 Å². The molecular weight excluding hydrogens is 274 g/mol. The Morgan fingerprint density at radius 1 is 1.25 bits per heavy atom. The van der Waals surface area contributed by atoms with Crippen molar-refractivity contribution in [3.05, 3.63) is 52.8 Å². The predicted molar refractivity (Wildman–Crippen MR) is 82.7 cm³/mol. The maximum absolute atomic E-state index is 12.1. The number of aryl methyl sites for hydroxylation is 1. The fourth-order valence-corrected chi connectivity index (χ4v) is 2.05. The standard InChI is InChI=1S/C15H16ClN3O/c1-10-4-5-12(9-14(10)19(2)3)18-15(20)13-8-11(16)6-7-17-13/h4-9H,1-3H3,(H,18,20). The zero-order valence-corrected chi connectivity index (χ0v) is 12.4. The van der Waals surface area contributed by atoms with Gasteiger partial charge in [-0.05, 0) is 36.8 Å². The predicted octanol–water partition coefficient (Wildman–Crippen LogP) is 3.36. The third-order valence-electron chi connectivity index (χ3n) is 2.90. The van der Waals surface area contributed by atoms with Gasteiger partial charge in [-0.2, -0.15) is 0 Å². The molecule has 0 unspecified atom stereocenters. The Morgan fingerprint density at radius 2 is 2.00 bits per heavy atom. The SMILES string of the molecule is Cc1ccc(NC(=O)c2cc(Cl)ccn2)cc1N(C)C. The van der Waals surface area contributed by atoms with Crippen LogP contribution >= 0.6 is 11.6 Å². The van der Waals surface area contributed by atoms with E-state index in [9.17, 15) is 4.79 Å². The number of hydrogen-bond acceptors (Lipinski definition) is 3. The van der Waals surface area contributed by atoms with Crippen molar-refractivity contribution in [3.63, 3.8) is 0 Å². The molecule has 4 nitrogen and oxygen atoms in total. The molecule has 20 heavy (non-hydrogen) atoms. The largest absolute Gasteiger partial charge is 0.377 e. The van der Waals surface area contributed by atoms with Crippen molar-refractivity contribution in [1.29, 1.82) is 0 Å². The molecule has 0 fully saturated rings. The van der Waals surface area contributed by atoms with Crippen LogP contribution in [0.5, 0.6) is 0 Å².